The molecule has 0 unspecified atom stereocenters. The third-order valence-corrected chi connectivity index (χ3v) is 5.62. The summed E-state index contributed by atoms with van der Waals surface area (Å²) < 4.78 is 10.7. The molecule has 0 rings (SSSR count). The van der Waals surface area contributed by atoms with Crippen LogP contribution in [-0.2, 0) is 18.4 Å². The lowest BCUT2D eigenvalue weighted by molar-refractivity contribution is -0.120. The Morgan fingerprint density at radius 2 is 1.32 bits per heavy atom. The molecule has 2 amide bonds. The second-order valence-electron chi connectivity index (χ2n) is 4.36. The minimum Gasteiger partial charge on any atom is -0.396 e. The number of nitrogens with one attached hydrogen (secondary N) is 2. The summed E-state index contributed by atoms with van der Waals surface area (Å²) in [6.45, 7) is 12.0. The van der Waals surface area contributed by atoms with E-state index in [0.29, 0.717) is 11.1 Å². The van der Waals surface area contributed by atoms with Gasteiger partial charge in [-0.3, -0.25) is 9.59 Å². The molecular weight excluding hydrogens is 264 g/mol. The fraction of sp³-hybridized carbons (Fsp3) is 0.500. The maximum Gasteiger partial charge on any atom is 0.378 e. The van der Waals surface area contributed by atoms with Gasteiger partial charge in [-0.05, 0) is 20.4 Å². The molecule has 7 heteroatoms. The normalized spacial score (nSPS) is 11.1. The van der Waals surface area contributed by atoms with Gasteiger partial charge < -0.3 is 19.5 Å². The quantitative estimate of drug-likeness (QED) is 0.408. The van der Waals surface area contributed by atoms with Crippen molar-refractivity contribution >= 4 is 20.4 Å². The number of hydrogen-bond donors (Lipinski definition) is 2. The van der Waals surface area contributed by atoms with Gasteiger partial charge in [-0.15, -0.1) is 0 Å². The molecule has 0 aliphatic rings. The summed E-state index contributed by atoms with van der Waals surface area (Å²) in [7, 11) is 0.159. The number of carbonyl (C=O) groups excluding carboxylic acids is 2. The van der Waals surface area contributed by atoms with Crippen LogP contribution in [0.1, 0.15) is 13.8 Å². The molecule has 108 valence electrons. The van der Waals surface area contributed by atoms with Gasteiger partial charge in [-0.25, -0.2) is 0 Å². The first-order valence-corrected chi connectivity index (χ1v) is 8.10. The second-order valence-corrected chi connectivity index (χ2v) is 7.79. The average molecular weight is 286 g/mol. The van der Waals surface area contributed by atoms with Crippen LogP contribution in [0.5, 0.6) is 0 Å². The maximum atomic E-state index is 11.7. The molecular formula is C12H22N2O4Si. The van der Waals surface area contributed by atoms with Gasteiger partial charge in [0.15, 0.2) is 0 Å². The largest absolute Gasteiger partial charge is 0.396 e. The van der Waals surface area contributed by atoms with Gasteiger partial charge in [-0.2, -0.15) is 0 Å². The molecule has 0 aromatic carbocycles. The molecule has 19 heavy (non-hydrogen) atoms. The van der Waals surface area contributed by atoms with Crippen LogP contribution >= 0.6 is 0 Å². The maximum absolute atomic E-state index is 11.7. The monoisotopic (exact) mass is 286 g/mol. The average Bonchev–Trinajstić information content (AvgIpc) is 2.36. The molecule has 0 aliphatic heterocycles. The minimum atomic E-state index is -2.79. The van der Waals surface area contributed by atoms with E-state index in [-0.39, 0.29) is 11.8 Å². The van der Waals surface area contributed by atoms with E-state index in [0.717, 1.165) is 0 Å². The lowest BCUT2D eigenvalue weighted by Crippen LogP contribution is -2.65. The smallest absolute Gasteiger partial charge is 0.378 e. The Labute approximate surface area is 115 Å². The molecule has 0 radical (unpaired) electrons. The number of carbonyl (C=O) groups is 2. The molecule has 0 heterocycles. The highest BCUT2D eigenvalue weighted by molar-refractivity contribution is 6.68. The van der Waals surface area contributed by atoms with E-state index in [1.165, 1.54) is 14.2 Å². The Morgan fingerprint density at radius 3 is 1.53 bits per heavy atom. The summed E-state index contributed by atoms with van der Waals surface area (Å²) in [5.41, 5.74) is 0.663. The molecule has 0 saturated carbocycles. The van der Waals surface area contributed by atoms with Crippen molar-refractivity contribution < 1.29 is 18.4 Å². The van der Waals surface area contributed by atoms with E-state index in [4.69, 9.17) is 8.85 Å². The number of hydrogen-bond acceptors (Lipinski definition) is 4. The van der Waals surface area contributed by atoms with E-state index < -0.39 is 14.3 Å². The predicted octanol–water partition coefficient (Wildman–Crippen LogP) is 0.601. The highest BCUT2D eigenvalue weighted by Gasteiger charge is 2.42. The topological polar surface area (TPSA) is 76.7 Å². The Hall–Kier alpha value is -1.44. The standard InChI is InChI=1S/C12H22N2O4Si/c1-8(2)10(15)13-12(14-11(16)9(3)4)19(7,17-5)18-6/h12H,1,3H2,2,4-7H3,(H,13,15)(H,14,16). The number of amides is 2. The van der Waals surface area contributed by atoms with Crippen LogP contribution in [0.3, 0.4) is 0 Å². The molecule has 0 spiro atoms. The van der Waals surface area contributed by atoms with Crippen molar-refractivity contribution in [2.45, 2.75) is 26.2 Å². The van der Waals surface area contributed by atoms with Crippen molar-refractivity contribution in [3.05, 3.63) is 24.3 Å². The summed E-state index contributed by atoms with van der Waals surface area (Å²) in [5.74, 6) is -1.49. The summed E-state index contributed by atoms with van der Waals surface area (Å²) in [6.07, 6.45) is 0. The zero-order valence-electron chi connectivity index (χ0n) is 12.1. The van der Waals surface area contributed by atoms with Crippen LogP contribution in [-0.4, -0.2) is 40.4 Å². The van der Waals surface area contributed by atoms with Gasteiger partial charge in [0.05, 0.1) is 0 Å². The van der Waals surface area contributed by atoms with Crippen LogP contribution in [0, 0.1) is 0 Å². The zero-order chi connectivity index (χ0) is 15.2. The third-order valence-electron chi connectivity index (χ3n) is 2.66. The van der Waals surface area contributed by atoms with Crippen LogP contribution < -0.4 is 10.6 Å². The first-order chi connectivity index (χ1) is 8.67. The molecule has 6 nitrogen and oxygen atoms in total. The molecule has 0 bridgehead atoms. The van der Waals surface area contributed by atoms with Crippen molar-refractivity contribution in [2.75, 3.05) is 14.2 Å². The minimum absolute atomic E-state index is 0.332. The van der Waals surface area contributed by atoms with E-state index in [1.807, 2.05) is 0 Å². The van der Waals surface area contributed by atoms with Crippen molar-refractivity contribution in [1.29, 1.82) is 0 Å². The van der Waals surface area contributed by atoms with Crippen LogP contribution in [0.4, 0.5) is 0 Å². The molecule has 0 aromatic heterocycles. The summed E-state index contributed by atoms with van der Waals surface area (Å²) >= 11 is 0. The van der Waals surface area contributed by atoms with Crippen LogP contribution in [0.2, 0.25) is 6.55 Å². The van der Waals surface area contributed by atoms with Crippen molar-refractivity contribution in [1.82, 2.24) is 10.6 Å². The first kappa shape index (κ1) is 17.6. The Kier molecular flexibility index (Phi) is 6.67. The van der Waals surface area contributed by atoms with Gasteiger partial charge in [0, 0.05) is 25.4 Å². The summed E-state index contributed by atoms with van der Waals surface area (Å²) in [6, 6.07) is 0. The van der Waals surface area contributed by atoms with E-state index >= 15 is 0 Å². The molecule has 0 aliphatic carbocycles. The highest BCUT2D eigenvalue weighted by Crippen LogP contribution is 2.10. The molecule has 0 fully saturated rings. The highest BCUT2D eigenvalue weighted by atomic mass is 28.4. The van der Waals surface area contributed by atoms with Gasteiger partial charge >= 0.3 is 8.56 Å². The van der Waals surface area contributed by atoms with Crippen LogP contribution in [0.15, 0.2) is 24.3 Å². The lowest BCUT2D eigenvalue weighted by Gasteiger charge is -2.32. The number of rotatable bonds is 7. The fourth-order valence-electron chi connectivity index (χ4n) is 1.13. The van der Waals surface area contributed by atoms with Crippen molar-refractivity contribution in [3.63, 3.8) is 0 Å². The van der Waals surface area contributed by atoms with Gasteiger partial charge in [0.1, 0.15) is 5.79 Å². The summed E-state index contributed by atoms with van der Waals surface area (Å²) in [4.78, 5) is 23.4. The molecule has 2 N–H and O–H groups in total. The Morgan fingerprint density at radius 1 is 1.00 bits per heavy atom. The van der Waals surface area contributed by atoms with E-state index in [1.54, 1.807) is 20.4 Å². The van der Waals surface area contributed by atoms with Gasteiger partial charge in [0.25, 0.3) is 0 Å². The lowest BCUT2D eigenvalue weighted by atomic mass is 10.3. The zero-order valence-corrected chi connectivity index (χ0v) is 13.1. The first-order valence-electron chi connectivity index (χ1n) is 5.71. The fourth-order valence-corrected chi connectivity index (χ4v) is 2.55. The van der Waals surface area contributed by atoms with Gasteiger partial charge in [-0.1, -0.05) is 13.2 Å². The van der Waals surface area contributed by atoms with E-state index in [2.05, 4.69) is 23.8 Å². The van der Waals surface area contributed by atoms with Crippen LogP contribution in [0.25, 0.3) is 0 Å². The molecule has 0 aromatic rings. The third kappa shape index (κ3) is 4.97. The molecule has 0 saturated heterocycles. The SMILES string of the molecule is C=C(C)C(=O)NC(NC(=O)C(=C)C)[Si](C)(OC)OC. The summed E-state index contributed by atoms with van der Waals surface area (Å²) in [5, 5.41) is 5.29. The van der Waals surface area contributed by atoms with Crippen molar-refractivity contribution in [3.8, 4) is 0 Å². The Bertz CT molecular complexity index is 363. The predicted molar refractivity (Wildman–Crippen MR) is 75.3 cm³/mol. The van der Waals surface area contributed by atoms with E-state index in [9.17, 15) is 9.59 Å². The Balaban J connectivity index is 5.13. The molecule has 0 atom stereocenters. The van der Waals surface area contributed by atoms with Gasteiger partial charge in [0.2, 0.25) is 11.8 Å². The van der Waals surface area contributed by atoms with Crippen molar-refractivity contribution in [2.24, 2.45) is 0 Å². The second kappa shape index (κ2) is 7.22.